The van der Waals surface area contributed by atoms with E-state index in [0.29, 0.717) is 18.3 Å². The molecule has 1 saturated carbocycles. The van der Waals surface area contributed by atoms with Crippen LogP contribution in [0.5, 0.6) is 5.75 Å². The van der Waals surface area contributed by atoms with Gasteiger partial charge in [-0.05, 0) is 43.9 Å². The van der Waals surface area contributed by atoms with Gasteiger partial charge in [0.15, 0.2) is 6.54 Å². The van der Waals surface area contributed by atoms with E-state index in [1.165, 1.54) is 43.9 Å². The van der Waals surface area contributed by atoms with Gasteiger partial charge in [0, 0.05) is 11.6 Å². The Bertz CT molecular complexity index is 882. The lowest BCUT2D eigenvalue weighted by atomic mass is 9.93. The Morgan fingerprint density at radius 3 is 2.53 bits per heavy atom. The Hall–Kier alpha value is -3.00. The molecule has 1 fully saturated rings. The lowest BCUT2D eigenvalue weighted by molar-refractivity contribution is -0.932. The van der Waals surface area contributed by atoms with Gasteiger partial charge in [-0.15, -0.1) is 0 Å². The SMILES string of the molecule is COc1cc([N+](=O)[O-])ccc1NC(=O)C[NH+](Cc1ccc(F)cc1)C1CCCCC1. The van der Waals surface area contributed by atoms with Crippen LogP contribution < -0.4 is 15.0 Å². The van der Waals surface area contributed by atoms with Crippen molar-refractivity contribution in [3.05, 3.63) is 64.0 Å². The van der Waals surface area contributed by atoms with E-state index in [-0.39, 0.29) is 29.7 Å². The molecule has 3 rings (SSSR count). The van der Waals surface area contributed by atoms with Gasteiger partial charge in [0.25, 0.3) is 11.6 Å². The van der Waals surface area contributed by atoms with Gasteiger partial charge in [0.2, 0.25) is 0 Å². The van der Waals surface area contributed by atoms with E-state index in [1.807, 2.05) is 0 Å². The monoisotopic (exact) mass is 416 g/mol. The first-order valence-electron chi connectivity index (χ1n) is 10.2. The number of nitro benzene ring substituents is 1. The molecule has 0 aromatic heterocycles. The van der Waals surface area contributed by atoms with Crippen molar-refractivity contribution in [3.8, 4) is 5.75 Å². The van der Waals surface area contributed by atoms with E-state index in [1.54, 1.807) is 12.1 Å². The first-order chi connectivity index (χ1) is 14.5. The summed E-state index contributed by atoms with van der Waals surface area (Å²) < 4.78 is 18.5. The molecule has 0 aliphatic heterocycles. The molecule has 0 saturated heterocycles. The fourth-order valence-electron chi connectivity index (χ4n) is 4.02. The molecule has 2 N–H and O–H groups in total. The first kappa shape index (κ1) is 21.7. The van der Waals surface area contributed by atoms with E-state index in [0.717, 1.165) is 36.1 Å². The van der Waals surface area contributed by atoms with Crippen molar-refractivity contribution in [3.63, 3.8) is 0 Å². The minimum atomic E-state index is -0.508. The summed E-state index contributed by atoms with van der Waals surface area (Å²) in [6.45, 7) is 0.887. The summed E-state index contributed by atoms with van der Waals surface area (Å²) >= 11 is 0. The number of hydrogen-bond acceptors (Lipinski definition) is 4. The average molecular weight is 416 g/mol. The second kappa shape index (κ2) is 10.2. The number of benzene rings is 2. The van der Waals surface area contributed by atoms with Crippen molar-refractivity contribution in [2.24, 2.45) is 0 Å². The Morgan fingerprint density at radius 1 is 1.20 bits per heavy atom. The maximum Gasteiger partial charge on any atom is 0.279 e. The minimum absolute atomic E-state index is 0.101. The molecule has 0 radical (unpaired) electrons. The molecule has 7 nitrogen and oxygen atoms in total. The largest absolute Gasteiger partial charge is 0.494 e. The number of ether oxygens (including phenoxy) is 1. The topological polar surface area (TPSA) is 85.9 Å². The van der Waals surface area contributed by atoms with Crippen LogP contribution >= 0.6 is 0 Å². The zero-order chi connectivity index (χ0) is 21.5. The first-order valence-corrected chi connectivity index (χ1v) is 10.2. The zero-order valence-corrected chi connectivity index (χ0v) is 17.0. The van der Waals surface area contributed by atoms with Crippen LogP contribution in [-0.4, -0.2) is 30.5 Å². The lowest BCUT2D eigenvalue weighted by Crippen LogP contribution is -3.15. The zero-order valence-electron chi connectivity index (χ0n) is 17.0. The van der Waals surface area contributed by atoms with Gasteiger partial charge in [0.05, 0.1) is 29.8 Å². The molecule has 0 heterocycles. The number of amides is 1. The number of non-ortho nitro benzene ring substituents is 1. The second-order valence-corrected chi connectivity index (χ2v) is 7.66. The lowest BCUT2D eigenvalue weighted by Gasteiger charge is -2.31. The summed E-state index contributed by atoms with van der Waals surface area (Å²) in [5, 5.41) is 13.8. The van der Waals surface area contributed by atoms with Crippen LogP contribution in [-0.2, 0) is 11.3 Å². The quantitative estimate of drug-likeness (QED) is 0.512. The number of methoxy groups -OCH3 is 1. The number of carbonyl (C=O) groups excluding carboxylic acids is 1. The third-order valence-corrected chi connectivity index (χ3v) is 5.58. The van der Waals surface area contributed by atoms with Crippen LogP contribution in [0.25, 0.3) is 0 Å². The highest BCUT2D eigenvalue weighted by molar-refractivity contribution is 5.93. The highest BCUT2D eigenvalue weighted by Crippen LogP contribution is 2.28. The number of nitro groups is 1. The Morgan fingerprint density at radius 2 is 1.90 bits per heavy atom. The van der Waals surface area contributed by atoms with Gasteiger partial charge in [-0.1, -0.05) is 18.6 Å². The number of nitrogens with zero attached hydrogens (tertiary/aromatic N) is 1. The standard InChI is InChI=1S/C22H26FN3O4/c1-30-21-13-19(26(28)29)11-12-20(21)24-22(27)15-25(18-5-3-2-4-6-18)14-16-7-9-17(23)10-8-16/h7-13,18H,2-6,14-15H2,1H3,(H,24,27)/p+1. The number of anilines is 1. The maximum atomic E-state index is 13.3. The fraction of sp³-hybridized carbons (Fsp3) is 0.409. The van der Waals surface area contributed by atoms with Crippen molar-refractivity contribution < 1.29 is 23.7 Å². The van der Waals surface area contributed by atoms with Crippen LogP contribution in [0, 0.1) is 15.9 Å². The summed E-state index contributed by atoms with van der Waals surface area (Å²) in [5.74, 6) is -0.221. The third kappa shape index (κ3) is 5.76. The summed E-state index contributed by atoms with van der Waals surface area (Å²) in [4.78, 5) is 24.4. The molecule has 8 heteroatoms. The van der Waals surface area contributed by atoms with E-state index in [4.69, 9.17) is 4.74 Å². The van der Waals surface area contributed by atoms with E-state index in [2.05, 4.69) is 5.32 Å². The average Bonchev–Trinajstić information content (AvgIpc) is 2.75. The number of carbonyl (C=O) groups is 1. The van der Waals surface area contributed by atoms with E-state index >= 15 is 0 Å². The Balaban J connectivity index is 1.72. The van der Waals surface area contributed by atoms with E-state index in [9.17, 15) is 19.3 Å². The number of rotatable bonds is 8. The number of hydrogen-bond donors (Lipinski definition) is 2. The van der Waals surface area contributed by atoms with Crippen molar-refractivity contribution in [1.82, 2.24) is 0 Å². The number of nitrogens with one attached hydrogen (secondary N) is 2. The van der Waals surface area contributed by atoms with E-state index < -0.39 is 4.92 Å². The molecular weight excluding hydrogens is 389 g/mol. The van der Waals surface area contributed by atoms with Gasteiger partial charge < -0.3 is 15.0 Å². The predicted octanol–water partition coefficient (Wildman–Crippen LogP) is 3.10. The van der Waals surface area contributed by atoms with Crippen molar-refractivity contribution in [2.45, 2.75) is 44.7 Å². The molecule has 1 atom stereocenters. The molecule has 1 amide bonds. The molecular formula is C22H27FN3O4+. The van der Waals surface area contributed by atoms with Crippen molar-refractivity contribution in [1.29, 1.82) is 0 Å². The maximum absolute atomic E-state index is 13.3. The van der Waals surface area contributed by atoms with Gasteiger partial charge in [-0.3, -0.25) is 14.9 Å². The highest BCUT2D eigenvalue weighted by Gasteiger charge is 2.27. The molecule has 2 aromatic carbocycles. The van der Waals surface area contributed by atoms with Crippen LogP contribution in [0.2, 0.25) is 0 Å². The molecule has 1 aliphatic rings. The van der Waals surface area contributed by atoms with Crippen molar-refractivity contribution in [2.75, 3.05) is 19.0 Å². The highest BCUT2D eigenvalue weighted by atomic mass is 19.1. The van der Waals surface area contributed by atoms with Crippen LogP contribution in [0.3, 0.4) is 0 Å². The van der Waals surface area contributed by atoms with Gasteiger partial charge in [0.1, 0.15) is 18.1 Å². The Kier molecular flexibility index (Phi) is 7.35. The predicted molar refractivity (Wildman–Crippen MR) is 111 cm³/mol. The summed E-state index contributed by atoms with van der Waals surface area (Å²) in [6, 6.07) is 10.9. The third-order valence-electron chi connectivity index (χ3n) is 5.58. The summed E-state index contributed by atoms with van der Waals surface area (Å²) in [5.41, 5.74) is 1.28. The number of quaternary nitrogens is 1. The van der Waals surface area contributed by atoms with Crippen LogP contribution in [0.4, 0.5) is 15.8 Å². The summed E-state index contributed by atoms with van der Waals surface area (Å²) in [7, 11) is 1.41. The molecule has 2 aromatic rings. The summed E-state index contributed by atoms with van der Waals surface area (Å²) in [6.07, 6.45) is 5.63. The van der Waals surface area contributed by atoms with Gasteiger partial charge in [-0.25, -0.2) is 4.39 Å². The molecule has 1 aliphatic carbocycles. The molecule has 30 heavy (non-hydrogen) atoms. The van der Waals surface area contributed by atoms with Crippen LogP contribution in [0.15, 0.2) is 42.5 Å². The Labute approximate surface area is 175 Å². The fourth-order valence-corrected chi connectivity index (χ4v) is 4.02. The smallest absolute Gasteiger partial charge is 0.279 e. The van der Waals surface area contributed by atoms with Gasteiger partial charge in [-0.2, -0.15) is 0 Å². The molecule has 0 spiro atoms. The molecule has 1 unspecified atom stereocenters. The van der Waals surface area contributed by atoms with Crippen LogP contribution in [0.1, 0.15) is 37.7 Å². The number of halogens is 1. The normalized spacial score (nSPS) is 15.4. The minimum Gasteiger partial charge on any atom is -0.494 e. The van der Waals surface area contributed by atoms with Gasteiger partial charge >= 0.3 is 0 Å². The second-order valence-electron chi connectivity index (χ2n) is 7.66. The molecule has 0 bridgehead atoms. The van der Waals surface area contributed by atoms with Crippen molar-refractivity contribution >= 4 is 17.3 Å². The molecule has 160 valence electrons.